The third-order valence-electron chi connectivity index (χ3n) is 7.79. The van der Waals surface area contributed by atoms with Gasteiger partial charge in [0.1, 0.15) is 23.0 Å². The van der Waals surface area contributed by atoms with Crippen molar-refractivity contribution in [2.45, 2.75) is 23.6 Å². The first-order valence-corrected chi connectivity index (χ1v) is 17.8. The van der Waals surface area contributed by atoms with E-state index in [0.29, 0.717) is 41.2 Å². The number of methoxy groups -OCH3 is 2. The molecule has 0 aromatic heterocycles. The summed E-state index contributed by atoms with van der Waals surface area (Å²) < 4.78 is 80.2. The van der Waals surface area contributed by atoms with E-state index in [4.69, 9.17) is 18.9 Å². The predicted molar refractivity (Wildman–Crippen MR) is 187 cm³/mol. The van der Waals surface area contributed by atoms with Crippen molar-refractivity contribution in [3.8, 4) is 23.0 Å². The first-order chi connectivity index (χ1) is 23.1. The van der Waals surface area contributed by atoms with Crippen molar-refractivity contribution in [3.63, 3.8) is 0 Å². The van der Waals surface area contributed by atoms with Gasteiger partial charge in [0.25, 0.3) is 20.2 Å². The lowest BCUT2D eigenvalue weighted by Crippen LogP contribution is -2.04. The normalized spacial score (nSPS) is 11.8. The van der Waals surface area contributed by atoms with E-state index in [-0.39, 0.29) is 9.79 Å². The van der Waals surface area contributed by atoms with Crippen LogP contribution in [-0.2, 0) is 28.6 Å². The summed E-state index contributed by atoms with van der Waals surface area (Å²) in [6, 6.07) is 25.0. The van der Waals surface area contributed by atoms with Crippen LogP contribution in [0.4, 0.5) is 0 Å². The molecule has 10 nitrogen and oxygen atoms in total. The Morgan fingerprint density at radius 3 is 1.12 bits per heavy atom. The molecule has 12 heteroatoms. The van der Waals surface area contributed by atoms with Gasteiger partial charge in [-0.15, -0.1) is 0 Å². The molecule has 0 unspecified atom stereocenters. The minimum Gasteiger partial charge on any atom is -0.495 e. The molecular weight excluding hydrogens is 657 g/mol. The number of rotatable bonds is 10. The molecular formula is C36H36O10S2. The van der Waals surface area contributed by atoms with E-state index in [9.17, 15) is 16.8 Å². The minimum absolute atomic E-state index is 0.0723. The van der Waals surface area contributed by atoms with Gasteiger partial charge in [-0.05, 0) is 50.2 Å². The Labute approximate surface area is 279 Å². The standard InChI is InChI=1S/C19H20O5S.C17H16O5S/c1-4-23-18-14-8-6-7-9-15(14)19(24-5-2)17-12-13(10-11-16(17)18)25(20,21)22-3;1-20-16-12-6-4-5-7-13(12)17(21-2)15-10-11(8-9-14(15)16)23(18,19)22-3/h6-12H,4-5H2,1-3H3;4-10H,1-3H3. The molecule has 0 saturated heterocycles. The van der Waals surface area contributed by atoms with E-state index in [1.54, 1.807) is 38.5 Å². The van der Waals surface area contributed by atoms with E-state index in [2.05, 4.69) is 8.37 Å². The molecule has 0 amide bonds. The molecule has 0 aliphatic heterocycles. The molecule has 6 aromatic rings. The lowest BCUT2D eigenvalue weighted by Gasteiger charge is -2.17. The van der Waals surface area contributed by atoms with Crippen molar-refractivity contribution < 1.29 is 44.1 Å². The molecule has 6 aromatic carbocycles. The van der Waals surface area contributed by atoms with Crippen molar-refractivity contribution in [3.05, 3.63) is 84.9 Å². The molecule has 0 spiro atoms. The fraction of sp³-hybridized carbons (Fsp3) is 0.222. The van der Waals surface area contributed by atoms with E-state index in [1.165, 1.54) is 12.1 Å². The van der Waals surface area contributed by atoms with Crippen molar-refractivity contribution in [1.82, 2.24) is 0 Å². The zero-order valence-electron chi connectivity index (χ0n) is 27.4. The number of ether oxygens (including phenoxy) is 4. The largest absolute Gasteiger partial charge is 0.495 e. The highest BCUT2D eigenvalue weighted by atomic mass is 32.2. The number of benzene rings is 6. The lowest BCUT2D eigenvalue weighted by atomic mass is 10.0. The number of hydrogen-bond donors (Lipinski definition) is 0. The van der Waals surface area contributed by atoms with Crippen LogP contribution in [0, 0.1) is 0 Å². The van der Waals surface area contributed by atoms with Gasteiger partial charge in [0.05, 0.1) is 51.4 Å². The zero-order valence-corrected chi connectivity index (χ0v) is 29.0. The van der Waals surface area contributed by atoms with Crippen molar-refractivity contribution in [1.29, 1.82) is 0 Å². The third kappa shape index (κ3) is 6.31. The van der Waals surface area contributed by atoms with Crippen LogP contribution in [0.5, 0.6) is 23.0 Å². The molecule has 0 fully saturated rings. The van der Waals surface area contributed by atoms with Crippen molar-refractivity contribution >= 4 is 63.3 Å². The summed E-state index contributed by atoms with van der Waals surface area (Å²) in [4.78, 5) is 0.157. The van der Waals surface area contributed by atoms with Gasteiger partial charge in [0.2, 0.25) is 0 Å². The minimum atomic E-state index is -3.80. The highest BCUT2D eigenvalue weighted by molar-refractivity contribution is 7.87. The van der Waals surface area contributed by atoms with Gasteiger partial charge in [0.15, 0.2) is 0 Å². The first-order valence-electron chi connectivity index (χ1n) is 15.0. The van der Waals surface area contributed by atoms with E-state index in [1.807, 2.05) is 62.4 Å². The second-order valence-corrected chi connectivity index (χ2v) is 13.8. The highest BCUT2D eigenvalue weighted by Gasteiger charge is 2.21. The molecule has 6 rings (SSSR count). The van der Waals surface area contributed by atoms with Gasteiger partial charge in [0, 0.05) is 43.1 Å². The van der Waals surface area contributed by atoms with Gasteiger partial charge in [-0.25, -0.2) is 0 Å². The molecule has 0 bridgehead atoms. The Bertz CT molecular complexity index is 2350. The van der Waals surface area contributed by atoms with Crippen LogP contribution < -0.4 is 18.9 Å². The van der Waals surface area contributed by atoms with Gasteiger partial charge in [-0.3, -0.25) is 8.37 Å². The maximum Gasteiger partial charge on any atom is 0.296 e. The van der Waals surface area contributed by atoms with Crippen molar-refractivity contribution in [2.75, 3.05) is 41.7 Å². The summed E-state index contributed by atoms with van der Waals surface area (Å²) in [7, 11) is -2.14. The van der Waals surface area contributed by atoms with Crippen molar-refractivity contribution in [2.24, 2.45) is 0 Å². The maximum absolute atomic E-state index is 12.1. The Kier molecular flexibility index (Phi) is 10.3. The van der Waals surface area contributed by atoms with Gasteiger partial charge >= 0.3 is 0 Å². The maximum atomic E-state index is 12.1. The molecule has 0 heterocycles. The van der Waals surface area contributed by atoms with Gasteiger partial charge in [-0.2, -0.15) is 16.8 Å². The third-order valence-corrected chi connectivity index (χ3v) is 10.3. The Morgan fingerprint density at radius 1 is 0.438 bits per heavy atom. The number of hydrogen-bond acceptors (Lipinski definition) is 10. The molecule has 0 radical (unpaired) electrons. The fourth-order valence-electron chi connectivity index (χ4n) is 5.70. The molecule has 48 heavy (non-hydrogen) atoms. The molecule has 0 atom stereocenters. The molecule has 0 saturated carbocycles. The quantitative estimate of drug-likeness (QED) is 0.106. The zero-order chi connectivity index (χ0) is 34.6. The van der Waals surface area contributed by atoms with E-state index >= 15 is 0 Å². The summed E-state index contributed by atoms with van der Waals surface area (Å²) >= 11 is 0. The van der Waals surface area contributed by atoms with E-state index in [0.717, 1.165) is 52.3 Å². The predicted octanol–water partition coefficient (Wildman–Crippen LogP) is 7.47. The lowest BCUT2D eigenvalue weighted by molar-refractivity contribution is 0.342. The van der Waals surface area contributed by atoms with Gasteiger partial charge in [-0.1, -0.05) is 48.5 Å². The second-order valence-electron chi connectivity index (χ2n) is 10.3. The smallest absolute Gasteiger partial charge is 0.296 e. The summed E-state index contributed by atoms with van der Waals surface area (Å²) in [6.07, 6.45) is 0. The first kappa shape index (κ1) is 34.7. The topological polar surface area (TPSA) is 124 Å². The van der Waals surface area contributed by atoms with Crippen LogP contribution >= 0.6 is 0 Å². The summed E-state index contributed by atoms with van der Waals surface area (Å²) in [5.41, 5.74) is 0. The van der Waals surface area contributed by atoms with Crippen LogP contribution in [0.1, 0.15) is 13.8 Å². The Balaban J connectivity index is 0.000000188. The van der Waals surface area contributed by atoms with Crippen LogP contribution in [-0.4, -0.2) is 58.5 Å². The number of fused-ring (bicyclic) bond motifs is 4. The van der Waals surface area contributed by atoms with Crippen LogP contribution in [0.15, 0.2) is 94.7 Å². The average molecular weight is 693 g/mol. The van der Waals surface area contributed by atoms with Gasteiger partial charge < -0.3 is 18.9 Å². The summed E-state index contributed by atoms with van der Waals surface area (Å²) in [6.45, 7) is 4.78. The molecule has 0 aliphatic rings. The molecule has 0 N–H and O–H groups in total. The van der Waals surface area contributed by atoms with Crippen LogP contribution in [0.2, 0.25) is 0 Å². The highest BCUT2D eigenvalue weighted by Crippen LogP contribution is 2.44. The Hall–Kier alpha value is -4.62. The van der Waals surface area contributed by atoms with Crippen LogP contribution in [0.25, 0.3) is 43.1 Å². The second kappa shape index (κ2) is 14.2. The van der Waals surface area contributed by atoms with E-state index < -0.39 is 20.2 Å². The fourth-order valence-corrected chi connectivity index (χ4v) is 7.08. The summed E-state index contributed by atoms with van der Waals surface area (Å²) in [5.74, 6) is 2.64. The molecule has 0 aliphatic carbocycles. The Morgan fingerprint density at radius 2 is 0.750 bits per heavy atom. The average Bonchev–Trinajstić information content (AvgIpc) is 3.11. The van der Waals surface area contributed by atoms with Crippen LogP contribution in [0.3, 0.4) is 0 Å². The molecule has 252 valence electrons. The summed E-state index contributed by atoms with van der Waals surface area (Å²) in [5, 5.41) is 6.49. The monoisotopic (exact) mass is 692 g/mol. The SMILES string of the molecule is CCOc1c2ccccc2c(OCC)c2cc(S(=O)(=O)OC)ccc12.COc1c2ccccc2c(OC)c2cc(S(=O)(=O)OC)ccc12.